The summed E-state index contributed by atoms with van der Waals surface area (Å²) in [5, 5.41) is 4.45. The molecule has 3 aromatic rings. The van der Waals surface area contributed by atoms with Crippen molar-refractivity contribution in [2.75, 3.05) is 38.8 Å². The maximum atomic E-state index is 14.5. The highest BCUT2D eigenvalue weighted by molar-refractivity contribution is 6.30. The number of ether oxygens (including phenoxy) is 1. The summed E-state index contributed by atoms with van der Waals surface area (Å²) in [6, 6.07) is 24.0. The van der Waals surface area contributed by atoms with Crippen LogP contribution in [0, 0.1) is 0 Å². The summed E-state index contributed by atoms with van der Waals surface area (Å²) < 4.78 is 5.57. The van der Waals surface area contributed by atoms with Gasteiger partial charge in [-0.1, -0.05) is 74.0 Å². The van der Waals surface area contributed by atoms with Gasteiger partial charge in [-0.15, -0.1) is 0 Å². The molecule has 1 aliphatic heterocycles. The predicted molar refractivity (Wildman–Crippen MR) is 143 cm³/mol. The third-order valence-electron chi connectivity index (χ3n) is 7.10. The van der Waals surface area contributed by atoms with Gasteiger partial charge in [-0.2, -0.15) is 0 Å². The van der Waals surface area contributed by atoms with Gasteiger partial charge in [-0.05, 0) is 61.4 Å². The smallest absolute Gasteiger partial charge is 0.256 e. The van der Waals surface area contributed by atoms with Crippen molar-refractivity contribution in [2.45, 2.75) is 32.2 Å². The van der Waals surface area contributed by atoms with E-state index in [-0.39, 0.29) is 5.91 Å². The van der Waals surface area contributed by atoms with Crippen LogP contribution >= 0.6 is 11.6 Å². The first-order chi connectivity index (χ1) is 17.0. The molecular weight excluding hydrogens is 458 g/mol. The molecule has 0 spiro atoms. The minimum absolute atomic E-state index is 0.0700. The van der Waals surface area contributed by atoms with Crippen molar-refractivity contribution in [3.8, 4) is 5.75 Å². The second-order valence-electron chi connectivity index (χ2n) is 8.95. The zero-order valence-corrected chi connectivity index (χ0v) is 21.8. The number of amides is 1. The molecule has 0 aromatic heterocycles. The van der Waals surface area contributed by atoms with E-state index in [0.29, 0.717) is 18.0 Å². The topological polar surface area (TPSA) is 36.0 Å². The van der Waals surface area contributed by atoms with E-state index in [4.69, 9.17) is 16.3 Å². The summed E-state index contributed by atoms with van der Waals surface area (Å²) in [5.74, 6) is 0.817. The minimum Gasteiger partial charge on any atom is -0.496 e. The molecule has 0 N–H and O–H groups in total. The van der Waals surface area contributed by atoms with Gasteiger partial charge in [0, 0.05) is 24.2 Å². The molecule has 1 aliphatic rings. The number of halogens is 1. The Morgan fingerprint density at radius 3 is 2.34 bits per heavy atom. The van der Waals surface area contributed by atoms with E-state index in [1.54, 1.807) is 7.11 Å². The number of benzene rings is 3. The van der Waals surface area contributed by atoms with Gasteiger partial charge >= 0.3 is 0 Å². The van der Waals surface area contributed by atoms with Crippen molar-refractivity contribution in [3.63, 3.8) is 0 Å². The van der Waals surface area contributed by atoms with Crippen molar-refractivity contribution in [1.29, 1.82) is 0 Å². The maximum Gasteiger partial charge on any atom is 0.256 e. The number of para-hydroxylation sites is 1. The quantitative estimate of drug-likeness (QED) is 0.361. The third-order valence-corrected chi connectivity index (χ3v) is 7.33. The highest BCUT2D eigenvalue weighted by Crippen LogP contribution is 2.49. The van der Waals surface area contributed by atoms with Crippen LogP contribution in [0.2, 0.25) is 5.02 Å². The summed E-state index contributed by atoms with van der Waals surface area (Å²) >= 11 is 6.29. The Bertz CT molecular complexity index is 1170. The van der Waals surface area contributed by atoms with Crippen LogP contribution in [-0.4, -0.2) is 49.6 Å². The SMILES string of the molecule is CCN(CC)CC[C@]1(c2ccccc2)C(=O)N(N(C)Cc2cc(Cl)ccc2OC)c2ccccc21. The molecule has 1 atom stereocenters. The van der Waals surface area contributed by atoms with Crippen molar-refractivity contribution in [3.05, 3.63) is 94.5 Å². The van der Waals surface area contributed by atoms with Crippen LogP contribution in [-0.2, 0) is 16.8 Å². The van der Waals surface area contributed by atoms with Crippen LogP contribution in [0.25, 0.3) is 0 Å². The van der Waals surface area contributed by atoms with Crippen molar-refractivity contribution >= 4 is 23.2 Å². The second-order valence-corrected chi connectivity index (χ2v) is 9.39. The van der Waals surface area contributed by atoms with E-state index in [1.807, 2.05) is 71.7 Å². The molecular formula is C29H34ClN3O2. The monoisotopic (exact) mass is 491 g/mol. The van der Waals surface area contributed by atoms with E-state index >= 15 is 0 Å². The van der Waals surface area contributed by atoms with E-state index in [9.17, 15) is 4.79 Å². The molecule has 35 heavy (non-hydrogen) atoms. The molecule has 0 bridgehead atoms. The van der Waals surface area contributed by atoms with Crippen LogP contribution in [0.15, 0.2) is 72.8 Å². The number of hydrogen-bond donors (Lipinski definition) is 0. The van der Waals surface area contributed by atoms with Crippen molar-refractivity contribution in [2.24, 2.45) is 0 Å². The summed E-state index contributed by atoms with van der Waals surface area (Å²) in [6.45, 7) is 7.56. The van der Waals surface area contributed by atoms with Crippen molar-refractivity contribution < 1.29 is 9.53 Å². The lowest BCUT2D eigenvalue weighted by atomic mass is 9.72. The summed E-state index contributed by atoms with van der Waals surface area (Å²) in [5.41, 5.74) is 3.17. The molecule has 4 rings (SSSR count). The fourth-order valence-electron chi connectivity index (χ4n) is 5.20. The fourth-order valence-corrected chi connectivity index (χ4v) is 5.40. The van der Waals surface area contributed by atoms with Crippen LogP contribution < -0.4 is 9.75 Å². The molecule has 0 fully saturated rings. The Morgan fingerprint density at radius 1 is 0.971 bits per heavy atom. The van der Waals surface area contributed by atoms with Gasteiger partial charge < -0.3 is 9.64 Å². The number of fused-ring (bicyclic) bond motifs is 1. The Kier molecular flexibility index (Phi) is 7.80. The van der Waals surface area contributed by atoms with E-state index in [2.05, 4.69) is 36.9 Å². The van der Waals surface area contributed by atoms with Gasteiger partial charge in [-0.3, -0.25) is 4.79 Å². The van der Waals surface area contributed by atoms with Crippen molar-refractivity contribution in [1.82, 2.24) is 9.91 Å². The van der Waals surface area contributed by atoms with Crippen LogP contribution in [0.3, 0.4) is 0 Å². The first-order valence-corrected chi connectivity index (χ1v) is 12.6. The molecule has 3 aromatic carbocycles. The van der Waals surface area contributed by atoms with Gasteiger partial charge in [0.1, 0.15) is 11.2 Å². The molecule has 0 aliphatic carbocycles. The molecule has 6 heteroatoms. The van der Waals surface area contributed by atoms with Gasteiger partial charge in [0.2, 0.25) is 0 Å². The lowest BCUT2D eigenvalue weighted by molar-refractivity contribution is -0.125. The average Bonchev–Trinajstić information content (AvgIpc) is 3.14. The zero-order chi connectivity index (χ0) is 25.0. The standard InChI is InChI=1S/C29H34ClN3O2/c1-5-32(6-2)19-18-29(23-12-8-7-9-13-23)25-14-10-11-15-26(25)33(28(29)34)31(3)21-22-20-24(30)16-17-27(22)35-4/h7-17,20H,5-6,18-19,21H2,1-4H3/t29-/m1/s1. The lowest BCUT2D eigenvalue weighted by Crippen LogP contribution is -2.49. The molecule has 0 saturated carbocycles. The number of hydrazine groups is 1. The Morgan fingerprint density at radius 2 is 1.66 bits per heavy atom. The highest BCUT2D eigenvalue weighted by Gasteiger charge is 2.53. The van der Waals surface area contributed by atoms with Crippen LogP contribution in [0.4, 0.5) is 5.69 Å². The Balaban J connectivity index is 1.79. The fraction of sp³-hybridized carbons (Fsp3) is 0.345. The molecule has 0 radical (unpaired) electrons. The highest BCUT2D eigenvalue weighted by atomic mass is 35.5. The van der Waals surface area contributed by atoms with E-state index in [0.717, 1.165) is 47.8 Å². The lowest BCUT2D eigenvalue weighted by Gasteiger charge is -2.34. The molecule has 1 amide bonds. The summed E-state index contributed by atoms with van der Waals surface area (Å²) in [7, 11) is 3.59. The Hall–Kier alpha value is -2.86. The largest absolute Gasteiger partial charge is 0.496 e. The third kappa shape index (κ3) is 4.68. The number of rotatable bonds is 10. The number of nitrogens with zero attached hydrogens (tertiary/aromatic N) is 3. The minimum atomic E-state index is -0.757. The molecule has 184 valence electrons. The molecule has 1 heterocycles. The van der Waals surface area contributed by atoms with E-state index < -0.39 is 5.41 Å². The summed E-state index contributed by atoms with van der Waals surface area (Å²) in [6.07, 6.45) is 0.708. The van der Waals surface area contributed by atoms with E-state index in [1.165, 1.54) is 0 Å². The van der Waals surface area contributed by atoms with Crippen LogP contribution in [0.5, 0.6) is 5.75 Å². The predicted octanol–water partition coefficient (Wildman–Crippen LogP) is 5.76. The number of methoxy groups -OCH3 is 1. The normalized spacial score (nSPS) is 17.3. The molecule has 0 unspecified atom stereocenters. The van der Waals surface area contributed by atoms with Crippen LogP contribution in [0.1, 0.15) is 37.0 Å². The van der Waals surface area contributed by atoms with Gasteiger partial charge in [0.15, 0.2) is 0 Å². The number of anilines is 1. The number of carbonyl (C=O) groups excluding carboxylic acids is 1. The first-order valence-electron chi connectivity index (χ1n) is 12.2. The van der Waals surface area contributed by atoms with Gasteiger partial charge in [0.05, 0.1) is 12.8 Å². The molecule has 0 saturated heterocycles. The van der Waals surface area contributed by atoms with Gasteiger partial charge in [0.25, 0.3) is 5.91 Å². The number of carbonyl (C=O) groups is 1. The summed E-state index contributed by atoms with van der Waals surface area (Å²) in [4.78, 5) is 16.9. The average molecular weight is 492 g/mol. The maximum absolute atomic E-state index is 14.5. The van der Waals surface area contributed by atoms with Gasteiger partial charge in [-0.25, -0.2) is 10.0 Å². The first kappa shape index (κ1) is 25.2. The second kappa shape index (κ2) is 10.8. The number of hydrogen-bond acceptors (Lipinski definition) is 4. The Labute approximate surface area is 213 Å². The molecule has 5 nitrogen and oxygen atoms in total. The zero-order valence-electron chi connectivity index (χ0n) is 21.0.